The Labute approximate surface area is 96.6 Å². The fourth-order valence-corrected chi connectivity index (χ4v) is 2.34. The lowest BCUT2D eigenvalue weighted by Crippen LogP contribution is -2.52. The van der Waals surface area contributed by atoms with E-state index in [1.807, 2.05) is 13.8 Å². The van der Waals surface area contributed by atoms with Crippen LogP contribution >= 0.6 is 0 Å². The number of nitrogens with two attached hydrogens (primary N) is 1. The van der Waals surface area contributed by atoms with Gasteiger partial charge in [-0.15, -0.1) is 0 Å². The Hall–Kier alpha value is -0.660. The molecule has 1 saturated heterocycles. The minimum atomic E-state index is -3.60. The molecule has 0 aromatic carbocycles. The van der Waals surface area contributed by atoms with Crippen molar-refractivity contribution in [3.05, 3.63) is 0 Å². The van der Waals surface area contributed by atoms with Crippen LogP contribution in [0.15, 0.2) is 0 Å². The first-order valence-corrected chi connectivity index (χ1v) is 6.86. The molecule has 0 saturated carbocycles. The van der Waals surface area contributed by atoms with E-state index in [4.69, 9.17) is 5.14 Å². The molecule has 7 heteroatoms. The molecule has 1 amide bonds. The number of rotatable bonds is 3. The van der Waals surface area contributed by atoms with Gasteiger partial charge in [0.15, 0.2) is 0 Å². The summed E-state index contributed by atoms with van der Waals surface area (Å²) in [7, 11) is -3.60. The summed E-state index contributed by atoms with van der Waals surface area (Å²) in [5.41, 5.74) is 0. The molecular formula is C9H19N3O3S. The van der Waals surface area contributed by atoms with Gasteiger partial charge < -0.3 is 4.90 Å². The van der Waals surface area contributed by atoms with E-state index in [1.165, 1.54) is 4.31 Å². The van der Waals surface area contributed by atoms with Crippen molar-refractivity contribution in [1.82, 2.24) is 9.21 Å². The molecule has 1 rings (SSSR count). The Morgan fingerprint density at radius 1 is 1.25 bits per heavy atom. The van der Waals surface area contributed by atoms with Crippen LogP contribution < -0.4 is 5.14 Å². The van der Waals surface area contributed by atoms with Gasteiger partial charge in [-0.05, 0) is 5.92 Å². The summed E-state index contributed by atoms with van der Waals surface area (Å²) in [4.78, 5) is 13.4. The number of carbonyl (C=O) groups excluding carboxylic acids is 1. The third-order valence-corrected chi connectivity index (χ3v) is 3.62. The zero-order chi connectivity index (χ0) is 12.3. The summed E-state index contributed by atoms with van der Waals surface area (Å²) in [6.07, 6.45) is 0.509. The van der Waals surface area contributed by atoms with Crippen molar-refractivity contribution < 1.29 is 13.2 Å². The predicted octanol–water partition coefficient (Wildman–Crippen LogP) is -0.620. The van der Waals surface area contributed by atoms with Gasteiger partial charge in [0.1, 0.15) is 0 Å². The van der Waals surface area contributed by atoms with Crippen molar-refractivity contribution in [3.63, 3.8) is 0 Å². The van der Waals surface area contributed by atoms with Crippen LogP contribution in [0.4, 0.5) is 0 Å². The summed E-state index contributed by atoms with van der Waals surface area (Å²) in [6, 6.07) is 0. The normalized spacial score (nSPS) is 19.1. The minimum Gasteiger partial charge on any atom is -0.340 e. The number of hydrogen-bond acceptors (Lipinski definition) is 3. The van der Waals surface area contributed by atoms with E-state index in [0.717, 1.165) is 0 Å². The Balaban J connectivity index is 2.46. The van der Waals surface area contributed by atoms with Crippen molar-refractivity contribution in [2.45, 2.75) is 20.3 Å². The molecule has 0 aliphatic carbocycles. The first kappa shape index (κ1) is 13.4. The van der Waals surface area contributed by atoms with E-state index < -0.39 is 10.2 Å². The van der Waals surface area contributed by atoms with Crippen LogP contribution in [-0.4, -0.2) is 49.7 Å². The molecule has 1 fully saturated rings. The number of amides is 1. The van der Waals surface area contributed by atoms with Crippen LogP contribution in [0, 0.1) is 5.92 Å². The molecule has 2 N–H and O–H groups in total. The summed E-state index contributed by atoms with van der Waals surface area (Å²) in [5.74, 6) is 0.410. The summed E-state index contributed by atoms with van der Waals surface area (Å²) >= 11 is 0. The molecule has 6 nitrogen and oxygen atoms in total. The average Bonchev–Trinajstić information content (AvgIpc) is 2.15. The summed E-state index contributed by atoms with van der Waals surface area (Å²) in [6.45, 7) is 5.42. The summed E-state index contributed by atoms with van der Waals surface area (Å²) < 4.78 is 23.3. The third kappa shape index (κ3) is 3.73. The monoisotopic (exact) mass is 249 g/mol. The number of nitrogens with zero attached hydrogens (tertiary/aromatic N) is 2. The van der Waals surface area contributed by atoms with Crippen LogP contribution in [0.25, 0.3) is 0 Å². The quantitative estimate of drug-likeness (QED) is 0.723. The van der Waals surface area contributed by atoms with Crippen molar-refractivity contribution in [3.8, 4) is 0 Å². The predicted molar refractivity (Wildman–Crippen MR) is 60.7 cm³/mol. The number of hydrogen-bond donors (Lipinski definition) is 1. The molecule has 1 aliphatic rings. The first-order valence-electron chi connectivity index (χ1n) is 5.36. The topological polar surface area (TPSA) is 83.7 Å². The second-order valence-electron chi connectivity index (χ2n) is 4.42. The lowest BCUT2D eigenvalue weighted by Gasteiger charge is -2.33. The second-order valence-corrected chi connectivity index (χ2v) is 5.97. The molecule has 1 aliphatic heterocycles. The van der Waals surface area contributed by atoms with Crippen LogP contribution in [0.2, 0.25) is 0 Å². The number of piperazine rings is 1. The van der Waals surface area contributed by atoms with Gasteiger partial charge in [0.25, 0.3) is 10.2 Å². The van der Waals surface area contributed by atoms with E-state index in [1.54, 1.807) is 4.90 Å². The molecule has 0 spiro atoms. The maximum absolute atomic E-state index is 11.7. The second kappa shape index (κ2) is 5.11. The van der Waals surface area contributed by atoms with E-state index >= 15 is 0 Å². The van der Waals surface area contributed by atoms with E-state index in [2.05, 4.69) is 0 Å². The fraction of sp³-hybridized carbons (Fsp3) is 0.889. The molecule has 16 heavy (non-hydrogen) atoms. The third-order valence-electron chi connectivity index (χ3n) is 2.53. The van der Waals surface area contributed by atoms with Crippen LogP contribution in [-0.2, 0) is 15.0 Å². The fourth-order valence-electron chi connectivity index (χ4n) is 1.67. The van der Waals surface area contributed by atoms with Gasteiger partial charge in [-0.1, -0.05) is 13.8 Å². The highest BCUT2D eigenvalue weighted by Crippen LogP contribution is 2.09. The Kier molecular flexibility index (Phi) is 4.28. The van der Waals surface area contributed by atoms with Crippen molar-refractivity contribution in [1.29, 1.82) is 0 Å². The van der Waals surface area contributed by atoms with Crippen molar-refractivity contribution in [2.75, 3.05) is 26.2 Å². The smallest absolute Gasteiger partial charge is 0.277 e. The highest BCUT2D eigenvalue weighted by atomic mass is 32.2. The van der Waals surface area contributed by atoms with Crippen LogP contribution in [0.1, 0.15) is 20.3 Å². The molecule has 0 atom stereocenters. The molecule has 0 bridgehead atoms. The van der Waals surface area contributed by atoms with Gasteiger partial charge in [0.05, 0.1) is 0 Å². The highest BCUT2D eigenvalue weighted by molar-refractivity contribution is 7.86. The zero-order valence-corrected chi connectivity index (χ0v) is 10.5. The SMILES string of the molecule is CC(C)CC(=O)N1CCN(S(N)(=O)=O)CC1. The molecular weight excluding hydrogens is 230 g/mol. The first-order chi connectivity index (χ1) is 7.30. The van der Waals surface area contributed by atoms with Gasteiger partial charge in [0.2, 0.25) is 5.91 Å². The van der Waals surface area contributed by atoms with Crippen LogP contribution in [0.3, 0.4) is 0 Å². The number of carbonyl (C=O) groups is 1. The standard InChI is InChI=1S/C9H19N3O3S/c1-8(2)7-9(13)11-3-5-12(6-4-11)16(10,14)15/h8H,3-7H2,1-2H3,(H2,10,14,15). The van der Waals surface area contributed by atoms with E-state index in [9.17, 15) is 13.2 Å². The van der Waals surface area contributed by atoms with Crippen LogP contribution in [0.5, 0.6) is 0 Å². The lowest BCUT2D eigenvalue weighted by molar-refractivity contribution is -0.133. The summed E-state index contributed by atoms with van der Waals surface area (Å²) in [5, 5.41) is 5.01. The largest absolute Gasteiger partial charge is 0.340 e. The van der Waals surface area contributed by atoms with Crippen molar-refractivity contribution in [2.24, 2.45) is 11.1 Å². The highest BCUT2D eigenvalue weighted by Gasteiger charge is 2.26. The average molecular weight is 249 g/mol. The molecule has 0 aromatic rings. The Bertz CT molecular complexity index is 345. The van der Waals surface area contributed by atoms with E-state index in [0.29, 0.717) is 38.5 Å². The maximum Gasteiger partial charge on any atom is 0.277 e. The Morgan fingerprint density at radius 2 is 1.75 bits per heavy atom. The van der Waals surface area contributed by atoms with Gasteiger partial charge in [-0.25, -0.2) is 5.14 Å². The van der Waals surface area contributed by atoms with Gasteiger partial charge >= 0.3 is 0 Å². The minimum absolute atomic E-state index is 0.0871. The van der Waals surface area contributed by atoms with Crippen molar-refractivity contribution >= 4 is 16.1 Å². The molecule has 0 unspecified atom stereocenters. The Morgan fingerprint density at radius 3 is 2.12 bits per heavy atom. The maximum atomic E-state index is 11.7. The molecule has 0 aromatic heterocycles. The van der Waals surface area contributed by atoms with Gasteiger partial charge in [0, 0.05) is 32.6 Å². The van der Waals surface area contributed by atoms with E-state index in [-0.39, 0.29) is 5.91 Å². The molecule has 94 valence electrons. The lowest BCUT2D eigenvalue weighted by atomic mass is 10.1. The molecule has 1 heterocycles. The van der Waals surface area contributed by atoms with Gasteiger partial charge in [-0.3, -0.25) is 4.79 Å². The van der Waals surface area contributed by atoms with Gasteiger partial charge in [-0.2, -0.15) is 12.7 Å². The zero-order valence-electron chi connectivity index (χ0n) is 9.72. The molecule has 0 radical (unpaired) electrons.